The van der Waals surface area contributed by atoms with Crippen molar-refractivity contribution >= 4 is 57.4 Å². The Kier molecular flexibility index (Phi) is 7.71. The molecule has 2 aromatic rings. The van der Waals surface area contributed by atoms with Gasteiger partial charge in [-0.15, -0.1) is 0 Å². The van der Waals surface area contributed by atoms with Crippen LogP contribution in [-0.4, -0.2) is 78.8 Å². The van der Waals surface area contributed by atoms with Crippen LogP contribution in [0.2, 0.25) is 0 Å². The lowest BCUT2D eigenvalue weighted by molar-refractivity contribution is -0.135. The molecule has 194 valence electrons. The molecular formula is C24H34N8O2S2. The number of anilines is 1. The molecule has 1 saturated heterocycles. The van der Waals surface area contributed by atoms with Crippen LogP contribution in [0.3, 0.4) is 0 Å². The van der Waals surface area contributed by atoms with Crippen molar-refractivity contribution in [3.63, 3.8) is 0 Å². The van der Waals surface area contributed by atoms with E-state index in [-0.39, 0.29) is 36.2 Å². The average Bonchev–Trinajstić information content (AvgIpc) is 3.46. The molecule has 5 rings (SSSR count). The van der Waals surface area contributed by atoms with E-state index >= 15 is 0 Å². The molecule has 36 heavy (non-hydrogen) atoms. The number of aliphatic imine (C=N–C) groups is 1. The van der Waals surface area contributed by atoms with Crippen LogP contribution >= 0.6 is 23.5 Å². The number of carbonyl (C=O) groups excluding carboxylic acids is 2. The third kappa shape index (κ3) is 5.20. The molecular weight excluding hydrogens is 496 g/mol. The summed E-state index contributed by atoms with van der Waals surface area (Å²) >= 11 is 3.10. The average molecular weight is 531 g/mol. The van der Waals surface area contributed by atoms with Gasteiger partial charge in [0.1, 0.15) is 5.82 Å². The van der Waals surface area contributed by atoms with Gasteiger partial charge in [-0.05, 0) is 25.0 Å². The summed E-state index contributed by atoms with van der Waals surface area (Å²) in [6.07, 6.45) is 8.17. The molecule has 0 bridgehead atoms. The summed E-state index contributed by atoms with van der Waals surface area (Å²) in [6, 6.07) is 0.0131. The van der Waals surface area contributed by atoms with Gasteiger partial charge in [-0.3, -0.25) is 19.5 Å². The first-order valence-electron chi connectivity index (χ1n) is 12.8. The number of aromatic nitrogens is 4. The second kappa shape index (κ2) is 11.0. The Morgan fingerprint density at radius 2 is 2.11 bits per heavy atom. The zero-order valence-corrected chi connectivity index (χ0v) is 22.7. The summed E-state index contributed by atoms with van der Waals surface area (Å²) < 4.78 is 1.81. The van der Waals surface area contributed by atoms with Gasteiger partial charge in [0, 0.05) is 25.3 Å². The summed E-state index contributed by atoms with van der Waals surface area (Å²) in [6.45, 7) is 6.05. The van der Waals surface area contributed by atoms with Crippen LogP contribution in [0.15, 0.2) is 16.3 Å². The fraction of sp³-hybridized carbons (Fsp3) is 0.667. The smallest absolute Gasteiger partial charge is 0.234 e. The highest BCUT2D eigenvalue weighted by Gasteiger charge is 2.45. The van der Waals surface area contributed by atoms with Crippen molar-refractivity contribution in [2.75, 3.05) is 30.4 Å². The third-order valence-electron chi connectivity index (χ3n) is 6.94. The van der Waals surface area contributed by atoms with Crippen LogP contribution in [-0.2, 0) is 16.1 Å². The van der Waals surface area contributed by atoms with E-state index in [0.717, 1.165) is 60.0 Å². The Bertz CT molecular complexity index is 1170. The number of thioether (sulfide) groups is 2. The van der Waals surface area contributed by atoms with Crippen molar-refractivity contribution in [3.05, 3.63) is 6.20 Å². The van der Waals surface area contributed by atoms with Gasteiger partial charge in [-0.2, -0.15) is 5.10 Å². The predicted octanol–water partition coefficient (Wildman–Crippen LogP) is 2.99. The van der Waals surface area contributed by atoms with Gasteiger partial charge in [0.25, 0.3) is 0 Å². The molecule has 2 aromatic heterocycles. The van der Waals surface area contributed by atoms with E-state index in [0.29, 0.717) is 24.2 Å². The minimum Gasteiger partial charge on any atom is -0.369 e. The molecule has 0 aromatic carbocycles. The van der Waals surface area contributed by atoms with Crippen molar-refractivity contribution in [2.45, 2.75) is 69.7 Å². The van der Waals surface area contributed by atoms with Crippen LogP contribution in [0, 0.1) is 11.8 Å². The number of hydrogen-bond donors (Lipinski definition) is 2. The lowest BCUT2D eigenvalue weighted by Crippen LogP contribution is -2.51. The SMILES string of the molecule is CSc1nc(NCC(C)C)c2cnn(CCNC(=O)CC3CSC4=NC5CCCCC5C(=O)N43)c2n1. The molecule has 2 fully saturated rings. The largest absolute Gasteiger partial charge is 0.369 e. The van der Waals surface area contributed by atoms with E-state index in [4.69, 9.17) is 4.99 Å². The third-order valence-corrected chi connectivity index (χ3v) is 8.60. The number of nitrogens with one attached hydrogen (secondary N) is 2. The molecule has 2 N–H and O–H groups in total. The summed E-state index contributed by atoms with van der Waals surface area (Å²) in [5.41, 5.74) is 0.754. The molecule has 0 radical (unpaired) electrons. The maximum Gasteiger partial charge on any atom is 0.234 e. The van der Waals surface area contributed by atoms with Crippen molar-refractivity contribution in [3.8, 4) is 0 Å². The number of nitrogens with zero attached hydrogens (tertiary/aromatic N) is 6. The number of amidine groups is 1. The predicted molar refractivity (Wildman–Crippen MR) is 144 cm³/mol. The van der Waals surface area contributed by atoms with E-state index in [1.54, 1.807) is 18.0 Å². The highest BCUT2D eigenvalue weighted by Crippen LogP contribution is 2.38. The Balaban J connectivity index is 1.19. The summed E-state index contributed by atoms with van der Waals surface area (Å²) in [5, 5.41) is 13.3. The quantitative estimate of drug-likeness (QED) is 0.375. The zero-order valence-electron chi connectivity index (χ0n) is 21.1. The summed E-state index contributed by atoms with van der Waals surface area (Å²) in [5.74, 6) is 2.10. The number of carbonyl (C=O) groups is 2. The summed E-state index contributed by atoms with van der Waals surface area (Å²) in [7, 11) is 0. The van der Waals surface area contributed by atoms with Crippen LogP contribution in [0.4, 0.5) is 5.82 Å². The highest BCUT2D eigenvalue weighted by molar-refractivity contribution is 8.14. The minimum atomic E-state index is -0.124. The maximum atomic E-state index is 13.2. The van der Waals surface area contributed by atoms with Crippen molar-refractivity contribution < 1.29 is 9.59 Å². The van der Waals surface area contributed by atoms with Gasteiger partial charge in [-0.1, -0.05) is 50.2 Å². The summed E-state index contributed by atoms with van der Waals surface area (Å²) in [4.78, 5) is 41.9. The van der Waals surface area contributed by atoms with Crippen LogP contribution in [0.5, 0.6) is 0 Å². The van der Waals surface area contributed by atoms with Crippen LogP contribution in [0.1, 0.15) is 46.0 Å². The van der Waals surface area contributed by atoms with Gasteiger partial charge in [-0.25, -0.2) is 14.6 Å². The zero-order chi connectivity index (χ0) is 25.2. The number of rotatable bonds is 9. The van der Waals surface area contributed by atoms with Crippen LogP contribution in [0.25, 0.3) is 11.0 Å². The first kappa shape index (κ1) is 25.3. The molecule has 1 aliphatic carbocycles. The molecule has 0 spiro atoms. The van der Waals surface area contributed by atoms with Crippen molar-refractivity contribution in [1.82, 2.24) is 30.0 Å². The molecule has 10 nitrogen and oxygen atoms in total. The van der Waals surface area contributed by atoms with E-state index in [9.17, 15) is 9.59 Å². The number of amides is 2. The molecule has 3 unspecified atom stereocenters. The van der Waals surface area contributed by atoms with Gasteiger partial charge in [0.15, 0.2) is 16.0 Å². The van der Waals surface area contributed by atoms with E-state index in [2.05, 4.69) is 39.5 Å². The normalized spacial score (nSPS) is 23.6. The number of hydrogen-bond acceptors (Lipinski definition) is 9. The van der Waals surface area contributed by atoms with E-state index in [1.807, 2.05) is 15.8 Å². The molecule has 4 heterocycles. The van der Waals surface area contributed by atoms with E-state index < -0.39 is 0 Å². The monoisotopic (exact) mass is 530 g/mol. The van der Waals surface area contributed by atoms with Gasteiger partial charge in [0.2, 0.25) is 11.8 Å². The first-order valence-corrected chi connectivity index (χ1v) is 15.0. The standard InChI is InChI=1S/C24H34N8O2S2/c1-14(2)11-26-20-17-12-27-31(21(17)30-23(29-20)35-3)9-8-25-19(33)10-15-13-36-24-28-18-7-5-4-6-16(18)22(34)32(15)24/h12,14-16,18H,4-11,13H2,1-3H3,(H,25,33)(H,26,29,30). The topological polar surface area (TPSA) is 117 Å². The molecule has 2 aliphatic heterocycles. The first-order chi connectivity index (χ1) is 17.4. The second-order valence-corrected chi connectivity index (χ2v) is 11.8. The second-order valence-electron chi connectivity index (χ2n) is 10.0. The van der Waals surface area contributed by atoms with E-state index in [1.165, 1.54) is 11.8 Å². The molecule has 3 atom stereocenters. The van der Waals surface area contributed by atoms with Gasteiger partial charge in [0.05, 0.1) is 36.1 Å². The molecule has 3 aliphatic rings. The van der Waals surface area contributed by atoms with Gasteiger partial charge < -0.3 is 10.6 Å². The molecule has 2 amide bonds. The maximum absolute atomic E-state index is 13.2. The Labute approximate surface area is 219 Å². The Morgan fingerprint density at radius 3 is 2.92 bits per heavy atom. The Morgan fingerprint density at radius 1 is 1.28 bits per heavy atom. The van der Waals surface area contributed by atoms with Gasteiger partial charge >= 0.3 is 0 Å². The molecule has 12 heteroatoms. The molecule has 1 saturated carbocycles. The fourth-order valence-corrected chi connectivity index (χ4v) is 6.64. The highest BCUT2D eigenvalue weighted by atomic mass is 32.2. The number of fused-ring (bicyclic) bond motifs is 3. The lowest BCUT2D eigenvalue weighted by atomic mass is 9.83. The van der Waals surface area contributed by atoms with Crippen molar-refractivity contribution in [2.24, 2.45) is 16.8 Å². The fourth-order valence-electron chi connectivity index (χ4n) is 5.08. The minimum absolute atomic E-state index is 0.00654. The van der Waals surface area contributed by atoms with Crippen LogP contribution < -0.4 is 10.6 Å². The Hall–Kier alpha value is -2.34. The lowest BCUT2D eigenvalue weighted by Gasteiger charge is -2.37. The van der Waals surface area contributed by atoms with Crippen molar-refractivity contribution in [1.29, 1.82) is 0 Å².